The van der Waals surface area contributed by atoms with Gasteiger partial charge in [0.2, 0.25) is 0 Å². The standard InChI is InChI=1S/C17H29N3S/c1-13(2)16-12-21-17(19-16)15-4-3-9-20(11-15)10-14-5-7-18-8-6-14/h12-15,18H,3-11H2,1-2H3. The van der Waals surface area contributed by atoms with Crippen LogP contribution in [-0.2, 0) is 0 Å². The van der Waals surface area contributed by atoms with Crippen molar-refractivity contribution in [3.63, 3.8) is 0 Å². The second-order valence-electron chi connectivity index (χ2n) is 7.06. The monoisotopic (exact) mass is 307 g/mol. The van der Waals surface area contributed by atoms with Crippen molar-refractivity contribution < 1.29 is 0 Å². The Morgan fingerprint density at radius 1 is 1.33 bits per heavy atom. The van der Waals surface area contributed by atoms with Crippen LogP contribution in [0.3, 0.4) is 0 Å². The van der Waals surface area contributed by atoms with E-state index in [4.69, 9.17) is 4.98 Å². The number of rotatable bonds is 4. The average molecular weight is 308 g/mol. The van der Waals surface area contributed by atoms with Crippen molar-refractivity contribution in [3.8, 4) is 0 Å². The molecule has 0 radical (unpaired) electrons. The summed E-state index contributed by atoms with van der Waals surface area (Å²) in [7, 11) is 0. The lowest BCUT2D eigenvalue weighted by Gasteiger charge is -2.35. The van der Waals surface area contributed by atoms with E-state index in [0.29, 0.717) is 11.8 Å². The smallest absolute Gasteiger partial charge is 0.0972 e. The molecule has 2 aliphatic rings. The van der Waals surface area contributed by atoms with Crippen LogP contribution in [0.5, 0.6) is 0 Å². The highest BCUT2D eigenvalue weighted by Crippen LogP contribution is 2.31. The lowest BCUT2D eigenvalue weighted by atomic mass is 9.94. The van der Waals surface area contributed by atoms with Crippen molar-refractivity contribution in [3.05, 3.63) is 16.1 Å². The molecule has 2 saturated heterocycles. The minimum Gasteiger partial charge on any atom is -0.317 e. The maximum atomic E-state index is 4.90. The zero-order valence-electron chi connectivity index (χ0n) is 13.5. The summed E-state index contributed by atoms with van der Waals surface area (Å²) in [6, 6.07) is 0. The molecule has 0 saturated carbocycles. The average Bonchev–Trinajstić information content (AvgIpc) is 2.99. The zero-order chi connectivity index (χ0) is 14.7. The number of piperidine rings is 2. The van der Waals surface area contributed by atoms with Gasteiger partial charge in [0, 0.05) is 24.4 Å². The van der Waals surface area contributed by atoms with E-state index in [1.807, 2.05) is 11.3 Å². The second-order valence-corrected chi connectivity index (χ2v) is 7.95. The van der Waals surface area contributed by atoms with Gasteiger partial charge in [-0.2, -0.15) is 0 Å². The molecule has 21 heavy (non-hydrogen) atoms. The first kappa shape index (κ1) is 15.4. The van der Waals surface area contributed by atoms with Gasteiger partial charge in [0.25, 0.3) is 0 Å². The minimum absolute atomic E-state index is 0.560. The summed E-state index contributed by atoms with van der Waals surface area (Å²) < 4.78 is 0. The molecule has 118 valence electrons. The summed E-state index contributed by atoms with van der Waals surface area (Å²) in [6.07, 6.45) is 5.38. The highest BCUT2D eigenvalue weighted by Gasteiger charge is 2.26. The van der Waals surface area contributed by atoms with Crippen LogP contribution in [0.4, 0.5) is 0 Å². The van der Waals surface area contributed by atoms with Crippen LogP contribution in [0.15, 0.2) is 5.38 Å². The highest BCUT2D eigenvalue weighted by atomic mass is 32.1. The minimum atomic E-state index is 0.560. The second kappa shape index (κ2) is 7.21. The Bertz CT molecular complexity index is 437. The first-order chi connectivity index (χ1) is 10.2. The molecule has 0 spiro atoms. The molecular weight excluding hydrogens is 278 g/mol. The quantitative estimate of drug-likeness (QED) is 0.923. The zero-order valence-corrected chi connectivity index (χ0v) is 14.3. The Hall–Kier alpha value is -0.450. The van der Waals surface area contributed by atoms with Crippen molar-refractivity contribution in [2.45, 2.75) is 51.4 Å². The molecule has 1 aromatic heterocycles. The van der Waals surface area contributed by atoms with Crippen LogP contribution in [0.1, 0.15) is 62.1 Å². The van der Waals surface area contributed by atoms with Gasteiger partial charge >= 0.3 is 0 Å². The molecule has 2 aliphatic heterocycles. The topological polar surface area (TPSA) is 28.2 Å². The van der Waals surface area contributed by atoms with E-state index < -0.39 is 0 Å². The third kappa shape index (κ3) is 4.05. The third-order valence-corrected chi connectivity index (χ3v) is 5.99. The number of hydrogen-bond donors (Lipinski definition) is 1. The number of nitrogens with zero attached hydrogens (tertiary/aromatic N) is 2. The molecule has 4 heteroatoms. The van der Waals surface area contributed by atoms with E-state index in [2.05, 4.69) is 29.4 Å². The Labute approximate surface area is 133 Å². The van der Waals surface area contributed by atoms with Crippen molar-refractivity contribution in [1.29, 1.82) is 0 Å². The number of hydrogen-bond acceptors (Lipinski definition) is 4. The van der Waals surface area contributed by atoms with Gasteiger partial charge in [0.05, 0.1) is 10.7 Å². The molecule has 2 fully saturated rings. The van der Waals surface area contributed by atoms with Gasteiger partial charge in [-0.3, -0.25) is 0 Å². The predicted octanol–water partition coefficient (Wildman–Crippen LogP) is 3.45. The van der Waals surface area contributed by atoms with Crippen molar-refractivity contribution in [2.75, 3.05) is 32.7 Å². The number of thiazole rings is 1. The van der Waals surface area contributed by atoms with Gasteiger partial charge in [-0.15, -0.1) is 11.3 Å². The Kier molecular flexibility index (Phi) is 5.30. The molecule has 1 aromatic rings. The van der Waals surface area contributed by atoms with Gasteiger partial charge in [-0.05, 0) is 57.2 Å². The first-order valence-corrected chi connectivity index (χ1v) is 9.48. The van der Waals surface area contributed by atoms with Crippen LogP contribution < -0.4 is 5.32 Å². The maximum absolute atomic E-state index is 4.90. The van der Waals surface area contributed by atoms with Gasteiger partial charge in [-0.1, -0.05) is 13.8 Å². The number of nitrogens with one attached hydrogen (secondary N) is 1. The van der Waals surface area contributed by atoms with Crippen LogP contribution in [0.2, 0.25) is 0 Å². The summed E-state index contributed by atoms with van der Waals surface area (Å²) in [5, 5.41) is 7.13. The van der Waals surface area contributed by atoms with E-state index in [9.17, 15) is 0 Å². The molecule has 0 aromatic carbocycles. The summed E-state index contributed by atoms with van der Waals surface area (Å²) in [4.78, 5) is 7.61. The third-order valence-electron chi connectivity index (χ3n) is 4.96. The van der Waals surface area contributed by atoms with E-state index >= 15 is 0 Å². The SMILES string of the molecule is CC(C)c1csc(C2CCCN(CC3CCNCC3)C2)n1. The van der Waals surface area contributed by atoms with E-state index in [-0.39, 0.29) is 0 Å². The predicted molar refractivity (Wildman–Crippen MR) is 90.2 cm³/mol. The molecule has 0 amide bonds. The van der Waals surface area contributed by atoms with Gasteiger partial charge in [0.15, 0.2) is 0 Å². The fourth-order valence-electron chi connectivity index (χ4n) is 3.61. The molecule has 3 heterocycles. The highest BCUT2D eigenvalue weighted by molar-refractivity contribution is 7.09. The molecule has 1 atom stereocenters. The largest absolute Gasteiger partial charge is 0.317 e. The van der Waals surface area contributed by atoms with E-state index in [1.54, 1.807) is 0 Å². The Balaban J connectivity index is 1.56. The maximum Gasteiger partial charge on any atom is 0.0972 e. The van der Waals surface area contributed by atoms with Crippen molar-refractivity contribution in [1.82, 2.24) is 15.2 Å². The lowest BCUT2D eigenvalue weighted by Crippen LogP contribution is -2.40. The Morgan fingerprint density at radius 3 is 2.86 bits per heavy atom. The van der Waals surface area contributed by atoms with Crippen LogP contribution >= 0.6 is 11.3 Å². The lowest BCUT2D eigenvalue weighted by molar-refractivity contribution is 0.163. The first-order valence-electron chi connectivity index (χ1n) is 8.60. The Morgan fingerprint density at radius 2 is 2.14 bits per heavy atom. The molecule has 1 N–H and O–H groups in total. The summed E-state index contributed by atoms with van der Waals surface area (Å²) in [5.41, 5.74) is 1.28. The van der Waals surface area contributed by atoms with Gasteiger partial charge in [-0.25, -0.2) is 4.98 Å². The molecule has 0 aliphatic carbocycles. The fraction of sp³-hybridized carbons (Fsp3) is 0.824. The fourth-order valence-corrected chi connectivity index (χ4v) is 4.72. The van der Waals surface area contributed by atoms with Crippen LogP contribution in [0.25, 0.3) is 0 Å². The van der Waals surface area contributed by atoms with E-state index in [1.165, 1.54) is 69.1 Å². The molecule has 3 rings (SSSR count). The normalized spacial score (nSPS) is 25.6. The van der Waals surface area contributed by atoms with Crippen LogP contribution in [0, 0.1) is 5.92 Å². The summed E-state index contributed by atoms with van der Waals surface area (Å²) >= 11 is 1.88. The number of likely N-dealkylation sites (tertiary alicyclic amines) is 1. The summed E-state index contributed by atoms with van der Waals surface area (Å²) in [6.45, 7) is 10.7. The molecular formula is C17H29N3S. The molecule has 0 bridgehead atoms. The van der Waals surface area contributed by atoms with Crippen molar-refractivity contribution in [2.24, 2.45) is 5.92 Å². The number of aromatic nitrogens is 1. The van der Waals surface area contributed by atoms with Crippen LogP contribution in [-0.4, -0.2) is 42.6 Å². The van der Waals surface area contributed by atoms with Gasteiger partial charge < -0.3 is 10.2 Å². The van der Waals surface area contributed by atoms with E-state index in [0.717, 1.165) is 5.92 Å². The summed E-state index contributed by atoms with van der Waals surface area (Å²) in [5.74, 6) is 2.15. The van der Waals surface area contributed by atoms with Gasteiger partial charge in [0.1, 0.15) is 0 Å². The molecule has 3 nitrogen and oxygen atoms in total. The van der Waals surface area contributed by atoms with Crippen molar-refractivity contribution >= 4 is 11.3 Å². The molecule has 1 unspecified atom stereocenters.